The Morgan fingerprint density at radius 3 is 2.12 bits per heavy atom. The van der Waals surface area contributed by atoms with Gasteiger partial charge in [0.25, 0.3) is 5.91 Å². The molecule has 0 N–H and O–H groups in total. The quantitative estimate of drug-likeness (QED) is 0.713. The molecule has 32 heavy (non-hydrogen) atoms. The van der Waals surface area contributed by atoms with Crippen molar-refractivity contribution < 1.29 is 19.1 Å². The van der Waals surface area contributed by atoms with Crippen LogP contribution in [0.4, 0.5) is 5.95 Å². The molecule has 0 aliphatic carbocycles. The average molecular weight is 438 g/mol. The van der Waals surface area contributed by atoms with Crippen molar-refractivity contribution in [3.05, 3.63) is 42.7 Å². The number of rotatable bonds is 3. The number of ether oxygens (including phenoxy) is 2. The molecule has 3 aliphatic heterocycles. The van der Waals surface area contributed by atoms with Gasteiger partial charge >= 0.3 is 0 Å². The zero-order valence-electron chi connectivity index (χ0n) is 17.9. The minimum atomic E-state index is -0.642. The maximum Gasteiger partial charge on any atom is 0.267 e. The molecular weight excluding hydrogens is 410 g/mol. The van der Waals surface area contributed by atoms with Crippen LogP contribution in [0.3, 0.4) is 0 Å². The summed E-state index contributed by atoms with van der Waals surface area (Å²) in [5.74, 6) is 2.11. The maximum atomic E-state index is 13.0. The third-order valence-electron chi connectivity index (χ3n) is 6.37. The van der Waals surface area contributed by atoms with E-state index in [-0.39, 0.29) is 24.3 Å². The van der Waals surface area contributed by atoms with Gasteiger partial charge in [-0.3, -0.25) is 9.59 Å². The van der Waals surface area contributed by atoms with E-state index in [2.05, 4.69) is 14.9 Å². The van der Waals surface area contributed by atoms with Gasteiger partial charge in [0.2, 0.25) is 18.0 Å². The second-order valence-electron chi connectivity index (χ2n) is 8.32. The smallest absolute Gasteiger partial charge is 0.267 e. The molecule has 5 rings (SSSR count). The summed E-state index contributed by atoms with van der Waals surface area (Å²) in [6, 6.07) is 9.17. The fourth-order valence-corrected chi connectivity index (χ4v) is 4.53. The Hall–Kier alpha value is -3.36. The summed E-state index contributed by atoms with van der Waals surface area (Å²) in [5, 5.41) is 0. The second-order valence-corrected chi connectivity index (χ2v) is 8.32. The summed E-state index contributed by atoms with van der Waals surface area (Å²) in [7, 11) is 0. The van der Waals surface area contributed by atoms with Crippen LogP contribution in [0.5, 0.6) is 11.5 Å². The summed E-state index contributed by atoms with van der Waals surface area (Å²) in [5.41, 5.74) is 0. The average Bonchev–Trinajstić information content (AvgIpc) is 2.88. The van der Waals surface area contributed by atoms with Crippen LogP contribution >= 0.6 is 0 Å². The molecule has 2 amide bonds. The molecule has 0 radical (unpaired) electrons. The summed E-state index contributed by atoms with van der Waals surface area (Å²) < 4.78 is 11.5. The molecule has 4 heterocycles. The van der Waals surface area contributed by atoms with E-state index in [9.17, 15) is 9.59 Å². The molecular formula is C23H27N5O4. The van der Waals surface area contributed by atoms with Crippen LogP contribution in [0.25, 0.3) is 0 Å². The van der Waals surface area contributed by atoms with E-state index in [0.29, 0.717) is 37.7 Å². The fraction of sp³-hybridized carbons (Fsp3) is 0.478. The standard InChI is InChI=1S/C23H27N5O4/c29-21(17-6-10-28(11-7-17)23-24-8-3-9-25-23)26-12-14-27(15-13-26)22(30)20-16-31-18-4-1-2-5-19(18)32-20/h1-5,8-9,17,20H,6-7,10-16H2/t20-/m0/s1. The Morgan fingerprint density at radius 1 is 0.812 bits per heavy atom. The number of carbonyl (C=O) groups excluding carboxylic acids is 2. The lowest BCUT2D eigenvalue weighted by Gasteiger charge is -2.39. The molecule has 0 spiro atoms. The second kappa shape index (κ2) is 9.02. The molecule has 0 bridgehead atoms. The first kappa shape index (κ1) is 20.5. The van der Waals surface area contributed by atoms with E-state index in [1.807, 2.05) is 23.1 Å². The van der Waals surface area contributed by atoms with Crippen molar-refractivity contribution in [1.82, 2.24) is 19.8 Å². The first-order valence-corrected chi connectivity index (χ1v) is 11.2. The highest BCUT2D eigenvalue weighted by Crippen LogP contribution is 2.31. The zero-order chi connectivity index (χ0) is 21.9. The van der Waals surface area contributed by atoms with Crippen molar-refractivity contribution in [3.8, 4) is 11.5 Å². The molecule has 9 nitrogen and oxygen atoms in total. The molecule has 2 fully saturated rings. The predicted molar refractivity (Wildman–Crippen MR) is 116 cm³/mol. The van der Waals surface area contributed by atoms with E-state index < -0.39 is 6.10 Å². The third kappa shape index (κ3) is 4.19. The highest BCUT2D eigenvalue weighted by molar-refractivity contribution is 5.83. The van der Waals surface area contributed by atoms with Gasteiger partial charge in [0.05, 0.1) is 0 Å². The van der Waals surface area contributed by atoms with Gasteiger partial charge in [0, 0.05) is 57.6 Å². The van der Waals surface area contributed by atoms with Crippen LogP contribution in [0.1, 0.15) is 12.8 Å². The number of hydrogen-bond acceptors (Lipinski definition) is 7. The van der Waals surface area contributed by atoms with Crippen LogP contribution in [0.15, 0.2) is 42.7 Å². The van der Waals surface area contributed by atoms with Crippen molar-refractivity contribution in [2.24, 2.45) is 5.92 Å². The van der Waals surface area contributed by atoms with Gasteiger partial charge in [-0.25, -0.2) is 9.97 Å². The van der Waals surface area contributed by atoms with Crippen molar-refractivity contribution in [3.63, 3.8) is 0 Å². The molecule has 168 valence electrons. The number of piperidine rings is 1. The summed E-state index contributed by atoms with van der Waals surface area (Å²) in [6.45, 7) is 3.90. The van der Waals surface area contributed by atoms with Crippen molar-refractivity contribution in [1.29, 1.82) is 0 Å². The van der Waals surface area contributed by atoms with E-state index in [1.54, 1.807) is 29.4 Å². The Balaban J connectivity index is 1.10. The van der Waals surface area contributed by atoms with Crippen LogP contribution in [-0.4, -0.2) is 83.6 Å². The van der Waals surface area contributed by atoms with Gasteiger partial charge in [-0.05, 0) is 31.0 Å². The largest absolute Gasteiger partial charge is 0.485 e. The van der Waals surface area contributed by atoms with Gasteiger partial charge < -0.3 is 24.2 Å². The van der Waals surface area contributed by atoms with Gasteiger partial charge in [-0.1, -0.05) is 12.1 Å². The highest BCUT2D eigenvalue weighted by Gasteiger charge is 2.35. The van der Waals surface area contributed by atoms with Crippen molar-refractivity contribution in [2.75, 3.05) is 50.8 Å². The number of piperazine rings is 1. The Bertz CT molecular complexity index is 956. The van der Waals surface area contributed by atoms with Gasteiger partial charge in [-0.15, -0.1) is 0 Å². The number of nitrogens with zero attached hydrogens (tertiary/aromatic N) is 5. The van der Waals surface area contributed by atoms with E-state index in [1.165, 1.54) is 0 Å². The van der Waals surface area contributed by atoms with Gasteiger partial charge in [0.15, 0.2) is 11.5 Å². The number of benzene rings is 1. The summed E-state index contributed by atoms with van der Waals surface area (Å²) in [6.07, 6.45) is 4.43. The first-order valence-electron chi connectivity index (χ1n) is 11.2. The number of hydrogen-bond donors (Lipinski definition) is 0. The van der Waals surface area contributed by atoms with Crippen molar-refractivity contribution in [2.45, 2.75) is 18.9 Å². The zero-order valence-corrected chi connectivity index (χ0v) is 17.9. The number of para-hydroxylation sites is 2. The third-order valence-corrected chi connectivity index (χ3v) is 6.37. The lowest BCUT2D eigenvalue weighted by molar-refractivity contribution is -0.147. The molecule has 2 saturated heterocycles. The van der Waals surface area contributed by atoms with Crippen LogP contribution in [-0.2, 0) is 9.59 Å². The predicted octanol–water partition coefficient (Wildman–Crippen LogP) is 1.20. The summed E-state index contributed by atoms with van der Waals surface area (Å²) >= 11 is 0. The molecule has 2 aromatic rings. The normalized spacial score (nSPS) is 21.4. The van der Waals surface area contributed by atoms with Crippen molar-refractivity contribution >= 4 is 17.8 Å². The van der Waals surface area contributed by atoms with E-state index in [0.717, 1.165) is 31.9 Å². The highest BCUT2D eigenvalue weighted by atomic mass is 16.6. The number of fused-ring (bicyclic) bond motifs is 1. The molecule has 1 atom stereocenters. The minimum absolute atomic E-state index is 0.0174. The minimum Gasteiger partial charge on any atom is -0.485 e. The monoisotopic (exact) mass is 437 g/mol. The summed E-state index contributed by atoms with van der Waals surface area (Å²) in [4.78, 5) is 40.4. The molecule has 1 aromatic carbocycles. The Kier molecular flexibility index (Phi) is 5.79. The first-order chi connectivity index (χ1) is 15.7. The van der Waals surface area contributed by atoms with E-state index in [4.69, 9.17) is 9.47 Å². The van der Waals surface area contributed by atoms with Gasteiger partial charge in [0.1, 0.15) is 6.61 Å². The lowest BCUT2D eigenvalue weighted by atomic mass is 9.95. The number of carbonyl (C=O) groups is 2. The van der Waals surface area contributed by atoms with Crippen LogP contribution in [0.2, 0.25) is 0 Å². The lowest BCUT2D eigenvalue weighted by Crippen LogP contribution is -2.56. The van der Waals surface area contributed by atoms with Gasteiger partial charge in [-0.2, -0.15) is 0 Å². The SMILES string of the molecule is O=C(C1CCN(c2ncccn2)CC1)N1CCN(C(=O)[C@@H]2COc3ccccc3O2)CC1. The van der Waals surface area contributed by atoms with E-state index >= 15 is 0 Å². The molecule has 1 aromatic heterocycles. The maximum absolute atomic E-state index is 13.0. The number of anilines is 1. The molecule has 9 heteroatoms. The molecule has 0 saturated carbocycles. The topological polar surface area (TPSA) is 88.1 Å². The number of aromatic nitrogens is 2. The van der Waals surface area contributed by atoms with Crippen LogP contribution in [0, 0.1) is 5.92 Å². The Morgan fingerprint density at radius 2 is 1.44 bits per heavy atom. The van der Waals surface area contributed by atoms with Crippen LogP contribution < -0.4 is 14.4 Å². The Labute approximate surface area is 186 Å². The fourth-order valence-electron chi connectivity index (χ4n) is 4.53. The molecule has 3 aliphatic rings. The molecule has 0 unspecified atom stereocenters. The number of amides is 2.